The van der Waals surface area contributed by atoms with Crippen molar-refractivity contribution >= 4 is 5.91 Å². The van der Waals surface area contributed by atoms with Crippen molar-refractivity contribution in [1.29, 1.82) is 0 Å². The Hall–Kier alpha value is -0.570. The zero-order valence-corrected chi connectivity index (χ0v) is 8.14. The highest BCUT2D eigenvalue weighted by molar-refractivity contribution is 5.83. The zero-order chi connectivity index (χ0) is 9.31. The van der Waals surface area contributed by atoms with Crippen LogP contribution < -0.4 is 5.32 Å². The molecule has 0 spiro atoms. The first-order chi connectivity index (χ1) is 6.29. The highest BCUT2D eigenvalue weighted by atomic mass is 16.5. The molecule has 1 aliphatic heterocycles. The van der Waals surface area contributed by atoms with Gasteiger partial charge in [-0.05, 0) is 31.6 Å². The summed E-state index contributed by atoms with van der Waals surface area (Å²) in [7, 11) is 1.74. The fourth-order valence-corrected chi connectivity index (χ4v) is 2.44. The Morgan fingerprint density at radius 3 is 2.46 bits per heavy atom. The number of amides is 1. The summed E-state index contributed by atoms with van der Waals surface area (Å²) >= 11 is 0. The molecule has 2 aliphatic rings. The number of hydrogen-bond acceptors (Lipinski definition) is 2. The van der Waals surface area contributed by atoms with Crippen LogP contribution in [0.2, 0.25) is 0 Å². The molecule has 1 N–H and O–H groups in total. The monoisotopic (exact) mass is 183 g/mol. The first kappa shape index (κ1) is 9.00. The molecule has 2 fully saturated rings. The number of ether oxygens (including phenoxy) is 1. The summed E-state index contributed by atoms with van der Waals surface area (Å²) in [5, 5.41) is 2.80. The topological polar surface area (TPSA) is 38.3 Å². The lowest BCUT2D eigenvalue weighted by atomic mass is 9.75. The van der Waals surface area contributed by atoms with Gasteiger partial charge in [0.25, 0.3) is 0 Å². The molecule has 0 bridgehead atoms. The maximum atomic E-state index is 11.8. The fraction of sp³-hybridized carbons (Fsp3) is 0.900. The molecule has 3 nitrogen and oxygen atoms in total. The molecule has 0 atom stereocenters. The molecule has 1 aliphatic carbocycles. The summed E-state index contributed by atoms with van der Waals surface area (Å²) in [4.78, 5) is 11.8. The zero-order valence-electron chi connectivity index (χ0n) is 8.14. The molecule has 0 radical (unpaired) electrons. The van der Waals surface area contributed by atoms with E-state index in [9.17, 15) is 4.79 Å². The van der Waals surface area contributed by atoms with E-state index in [1.54, 1.807) is 7.05 Å². The Kier molecular flexibility index (Phi) is 2.28. The Morgan fingerprint density at radius 2 is 2.00 bits per heavy atom. The van der Waals surface area contributed by atoms with Crippen molar-refractivity contribution in [1.82, 2.24) is 5.32 Å². The predicted octanol–water partition coefficient (Wildman–Crippen LogP) is 0.939. The molecule has 0 aromatic carbocycles. The van der Waals surface area contributed by atoms with E-state index in [1.807, 2.05) is 0 Å². The van der Waals surface area contributed by atoms with Gasteiger partial charge in [-0.2, -0.15) is 0 Å². The predicted molar refractivity (Wildman–Crippen MR) is 49.3 cm³/mol. The van der Waals surface area contributed by atoms with Gasteiger partial charge >= 0.3 is 0 Å². The van der Waals surface area contributed by atoms with Gasteiger partial charge in [0.2, 0.25) is 5.91 Å². The van der Waals surface area contributed by atoms with Gasteiger partial charge in [0, 0.05) is 20.3 Å². The Bertz CT molecular complexity index is 205. The van der Waals surface area contributed by atoms with Crippen molar-refractivity contribution in [2.24, 2.45) is 11.3 Å². The molecular weight excluding hydrogens is 166 g/mol. The van der Waals surface area contributed by atoms with Gasteiger partial charge in [0.15, 0.2) is 0 Å². The molecule has 13 heavy (non-hydrogen) atoms. The van der Waals surface area contributed by atoms with Crippen LogP contribution in [0.1, 0.15) is 25.7 Å². The van der Waals surface area contributed by atoms with Crippen molar-refractivity contribution in [2.45, 2.75) is 25.7 Å². The van der Waals surface area contributed by atoms with E-state index in [0.717, 1.165) is 26.1 Å². The van der Waals surface area contributed by atoms with Crippen LogP contribution >= 0.6 is 0 Å². The second kappa shape index (κ2) is 3.29. The van der Waals surface area contributed by atoms with E-state index in [0.29, 0.717) is 5.92 Å². The number of hydrogen-bond donors (Lipinski definition) is 1. The molecule has 2 rings (SSSR count). The average molecular weight is 183 g/mol. The number of carbonyl (C=O) groups is 1. The van der Waals surface area contributed by atoms with Crippen LogP contribution in [0.25, 0.3) is 0 Å². The third kappa shape index (κ3) is 1.46. The second-order valence-corrected chi connectivity index (χ2v) is 4.12. The first-order valence-electron chi connectivity index (χ1n) is 5.09. The van der Waals surface area contributed by atoms with Crippen LogP contribution in [-0.4, -0.2) is 26.2 Å². The molecule has 74 valence electrons. The Balaban J connectivity index is 2.13. The third-order valence-corrected chi connectivity index (χ3v) is 3.42. The minimum atomic E-state index is -0.0764. The van der Waals surface area contributed by atoms with Crippen molar-refractivity contribution in [3.8, 4) is 0 Å². The van der Waals surface area contributed by atoms with Crippen LogP contribution in [-0.2, 0) is 9.53 Å². The quantitative estimate of drug-likeness (QED) is 0.692. The van der Waals surface area contributed by atoms with Gasteiger partial charge in [0.1, 0.15) is 0 Å². The number of carbonyl (C=O) groups excluding carboxylic acids is 1. The van der Waals surface area contributed by atoms with Crippen LogP contribution in [0.3, 0.4) is 0 Å². The second-order valence-electron chi connectivity index (χ2n) is 4.12. The van der Waals surface area contributed by atoms with Crippen molar-refractivity contribution < 1.29 is 9.53 Å². The SMILES string of the molecule is CNC(=O)C1(C2CC2)CCOCC1. The van der Waals surface area contributed by atoms with E-state index in [-0.39, 0.29) is 11.3 Å². The summed E-state index contributed by atoms with van der Waals surface area (Å²) in [6, 6.07) is 0. The average Bonchev–Trinajstić information content (AvgIpc) is 3.01. The minimum absolute atomic E-state index is 0.0764. The fourth-order valence-electron chi connectivity index (χ4n) is 2.44. The molecule has 1 saturated heterocycles. The van der Waals surface area contributed by atoms with Gasteiger partial charge in [0.05, 0.1) is 5.41 Å². The molecule has 0 aromatic heterocycles. The smallest absolute Gasteiger partial charge is 0.226 e. The molecule has 0 unspecified atom stereocenters. The van der Waals surface area contributed by atoms with Crippen LogP contribution in [0.4, 0.5) is 0 Å². The highest BCUT2D eigenvalue weighted by Gasteiger charge is 2.50. The third-order valence-electron chi connectivity index (χ3n) is 3.42. The normalized spacial score (nSPS) is 26.8. The lowest BCUT2D eigenvalue weighted by molar-refractivity contribution is -0.138. The van der Waals surface area contributed by atoms with Crippen LogP contribution in [0.15, 0.2) is 0 Å². The Morgan fingerprint density at radius 1 is 1.38 bits per heavy atom. The lowest BCUT2D eigenvalue weighted by Gasteiger charge is -2.35. The summed E-state index contributed by atoms with van der Waals surface area (Å²) < 4.78 is 5.32. The minimum Gasteiger partial charge on any atom is -0.381 e. The van der Waals surface area contributed by atoms with E-state index in [1.165, 1.54) is 12.8 Å². The van der Waals surface area contributed by atoms with Crippen molar-refractivity contribution in [3.63, 3.8) is 0 Å². The van der Waals surface area contributed by atoms with Gasteiger partial charge < -0.3 is 10.1 Å². The molecule has 1 saturated carbocycles. The number of rotatable bonds is 2. The Labute approximate surface area is 78.8 Å². The van der Waals surface area contributed by atoms with Crippen molar-refractivity contribution in [3.05, 3.63) is 0 Å². The van der Waals surface area contributed by atoms with E-state index >= 15 is 0 Å². The number of nitrogens with one attached hydrogen (secondary N) is 1. The molecule has 0 aromatic rings. The van der Waals surface area contributed by atoms with Crippen molar-refractivity contribution in [2.75, 3.05) is 20.3 Å². The standard InChI is InChI=1S/C10H17NO2/c1-11-9(12)10(8-2-3-8)4-6-13-7-5-10/h8H,2-7H2,1H3,(H,11,12). The van der Waals surface area contributed by atoms with Gasteiger partial charge in [-0.25, -0.2) is 0 Å². The summed E-state index contributed by atoms with van der Waals surface area (Å²) in [5.41, 5.74) is -0.0764. The van der Waals surface area contributed by atoms with E-state index in [4.69, 9.17) is 4.74 Å². The maximum absolute atomic E-state index is 11.8. The maximum Gasteiger partial charge on any atom is 0.226 e. The van der Waals surface area contributed by atoms with E-state index in [2.05, 4.69) is 5.32 Å². The van der Waals surface area contributed by atoms with Crippen LogP contribution in [0, 0.1) is 11.3 Å². The van der Waals surface area contributed by atoms with Gasteiger partial charge in [-0.1, -0.05) is 0 Å². The first-order valence-corrected chi connectivity index (χ1v) is 5.09. The van der Waals surface area contributed by atoms with Crippen LogP contribution in [0.5, 0.6) is 0 Å². The highest BCUT2D eigenvalue weighted by Crippen LogP contribution is 2.51. The lowest BCUT2D eigenvalue weighted by Crippen LogP contribution is -2.44. The van der Waals surface area contributed by atoms with E-state index < -0.39 is 0 Å². The molecule has 1 heterocycles. The molecule has 3 heteroatoms. The summed E-state index contributed by atoms with van der Waals surface area (Å²) in [6.45, 7) is 1.51. The van der Waals surface area contributed by atoms with Gasteiger partial charge in [-0.3, -0.25) is 4.79 Å². The summed E-state index contributed by atoms with van der Waals surface area (Å²) in [5.74, 6) is 0.870. The largest absolute Gasteiger partial charge is 0.381 e. The molecule has 1 amide bonds. The molecular formula is C10H17NO2. The summed E-state index contributed by atoms with van der Waals surface area (Å²) in [6.07, 6.45) is 4.29. The van der Waals surface area contributed by atoms with Gasteiger partial charge in [-0.15, -0.1) is 0 Å².